The van der Waals surface area contributed by atoms with E-state index >= 15 is 0 Å². The van der Waals surface area contributed by atoms with Crippen molar-refractivity contribution >= 4 is 0 Å². The Kier molecular flexibility index (Phi) is 2.50. The highest BCUT2D eigenvalue weighted by molar-refractivity contribution is 5.34. The average Bonchev–Trinajstić information content (AvgIpc) is 2.58. The van der Waals surface area contributed by atoms with E-state index in [0.717, 1.165) is 18.7 Å². The molecule has 0 bridgehead atoms. The molecule has 0 aliphatic carbocycles. The molecule has 1 aromatic carbocycles. The number of hydrogen-bond donors (Lipinski definition) is 1. The number of benzene rings is 1. The number of rotatable bonds is 1. The average molecular weight is 200 g/mol. The molecule has 1 saturated heterocycles. The van der Waals surface area contributed by atoms with E-state index in [0.29, 0.717) is 11.3 Å². The van der Waals surface area contributed by atoms with Crippen molar-refractivity contribution in [1.29, 1.82) is 5.26 Å². The van der Waals surface area contributed by atoms with E-state index in [1.54, 1.807) is 0 Å². The standard InChI is InChI=1S/C13H16N2/c1-13(2)9-15-8-12(13)11-5-3-10(7-14)4-6-11/h3-6,12,15H,8-9H2,1-2H3/t12-/m1/s1. The van der Waals surface area contributed by atoms with Gasteiger partial charge in [-0.3, -0.25) is 0 Å². The molecule has 0 unspecified atom stereocenters. The molecule has 2 nitrogen and oxygen atoms in total. The molecule has 1 N–H and O–H groups in total. The summed E-state index contributed by atoms with van der Waals surface area (Å²) in [6.07, 6.45) is 0. The lowest BCUT2D eigenvalue weighted by Crippen LogP contribution is -2.20. The lowest BCUT2D eigenvalue weighted by atomic mass is 9.78. The van der Waals surface area contributed by atoms with Crippen LogP contribution >= 0.6 is 0 Å². The maximum atomic E-state index is 8.73. The van der Waals surface area contributed by atoms with Crippen molar-refractivity contribution in [1.82, 2.24) is 5.32 Å². The van der Waals surface area contributed by atoms with Gasteiger partial charge >= 0.3 is 0 Å². The van der Waals surface area contributed by atoms with E-state index < -0.39 is 0 Å². The van der Waals surface area contributed by atoms with E-state index in [4.69, 9.17) is 5.26 Å². The van der Waals surface area contributed by atoms with Gasteiger partial charge in [-0.2, -0.15) is 5.26 Å². The third-order valence-corrected chi connectivity index (χ3v) is 3.31. The molecule has 2 heteroatoms. The van der Waals surface area contributed by atoms with E-state index in [2.05, 4.69) is 37.4 Å². The van der Waals surface area contributed by atoms with Gasteiger partial charge in [0.05, 0.1) is 11.6 Å². The Morgan fingerprint density at radius 3 is 2.47 bits per heavy atom. The zero-order valence-electron chi connectivity index (χ0n) is 9.25. The minimum Gasteiger partial charge on any atom is -0.316 e. The van der Waals surface area contributed by atoms with Crippen molar-refractivity contribution < 1.29 is 0 Å². The Hall–Kier alpha value is -1.33. The number of nitrogens with one attached hydrogen (secondary N) is 1. The van der Waals surface area contributed by atoms with Crippen LogP contribution in [0.2, 0.25) is 0 Å². The molecule has 1 fully saturated rings. The summed E-state index contributed by atoms with van der Waals surface area (Å²) in [5.74, 6) is 0.560. The Morgan fingerprint density at radius 1 is 1.33 bits per heavy atom. The van der Waals surface area contributed by atoms with Crippen LogP contribution in [0.5, 0.6) is 0 Å². The Morgan fingerprint density at radius 2 is 2.00 bits per heavy atom. The van der Waals surface area contributed by atoms with Crippen molar-refractivity contribution in [3.63, 3.8) is 0 Å². The summed E-state index contributed by atoms with van der Waals surface area (Å²) in [6, 6.07) is 10.1. The highest BCUT2D eigenvalue weighted by Crippen LogP contribution is 2.38. The van der Waals surface area contributed by atoms with Gasteiger partial charge in [0.1, 0.15) is 0 Å². The van der Waals surface area contributed by atoms with Crippen LogP contribution in [0, 0.1) is 16.7 Å². The lowest BCUT2D eigenvalue weighted by molar-refractivity contribution is 0.363. The lowest BCUT2D eigenvalue weighted by Gasteiger charge is -2.26. The first-order chi connectivity index (χ1) is 7.13. The predicted molar refractivity (Wildman–Crippen MR) is 60.5 cm³/mol. The Bertz CT molecular complexity index is 384. The van der Waals surface area contributed by atoms with Gasteiger partial charge in [0.15, 0.2) is 0 Å². The smallest absolute Gasteiger partial charge is 0.0991 e. The first-order valence-electron chi connectivity index (χ1n) is 5.34. The highest BCUT2D eigenvalue weighted by Gasteiger charge is 2.35. The van der Waals surface area contributed by atoms with Crippen LogP contribution in [0.1, 0.15) is 30.9 Å². The first-order valence-corrected chi connectivity index (χ1v) is 5.34. The fraction of sp³-hybridized carbons (Fsp3) is 0.462. The van der Waals surface area contributed by atoms with Gasteiger partial charge in [-0.1, -0.05) is 26.0 Å². The van der Waals surface area contributed by atoms with Gasteiger partial charge in [-0.15, -0.1) is 0 Å². The summed E-state index contributed by atoms with van der Waals surface area (Å²) < 4.78 is 0. The van der Waals surface area contributed by atoms with Crippen LogP contribution in [-0.4, -0.2) is 13.1 Å². The second-order valence-corrected chi connectivity index (χ2v) is 4.91. The van der Waals surface area contributed by atoms with E-state index in [1.807, 2.05) is 12.1 Å². The normalized spacial score (nSPS) is 23.7. The molecular weight excluding hydrogens is 184 g/mol. The predicted octanol–water partition coefficient (Wildman–Crippen LogP) is 2.27. The van der Waals surface area contributed by atoms with Crippen molar-refractivity contribution in [2.24, 2.45) is 5.41 Å². The third-order valence-electron chi connectivity index (χ3n) is 3.31. The van der Waals surface area contributed by atoms with Crippen molar-refractivity contribution in [3.05, 3.63) is 35.4 Å². The molecule has 15 heavy (non-hydrogen) atoms. The topological polar surface area (TPSA) is 35.8 Å². The van der Waals surface area contributed by atoms with Crippen LogP contribution in [0.15, 0.2) is 24.3 Å². The van der Waals surface area contributed by atoms with Crippen LogP contribution in [0.4, 0.5) is 0 Å². The second-order valence-electron chi connectivity index (χ2n) is 4.91. The number of hydrogen-bond acceptors (Lipinski definition) is 2. The van der Waals surface area contributed by atoms with Crippen LogP contribution in [-0.2, 0) is 0 Å². The summed E-state index contributed by atoms with van der Waals surface area (Å²) in [6.45, 7) is 6.68. The van der Waals surface area contributed by atoms with Crippen LogP contribution in [0.3, 0.4) is 0 Å². The van der Waals surface area contributed by atoms with Gasteiger partial charge in [0, 0.05) is 19.0 Å². The van der Waals surface area contributed by atoms with Gasteiger partial charge in [0.25, 0.3) is 0 Å². The third kappa shape index (κ3) is 1.88. The van der Waals surface area contributed by atoms with Gasteiger partial charge in [0.2, 0.25) is 0 Å². The summed E-state index contributed by atoms with van der Waals surface area (Å²) in [4.78, 5) is 0. The number of nitrogens with zero attached hydrogens (tertiary/aromatic N) is 1. The molecule has 78 valence electrons. The monoisotopic (exact) mass is 200 g/mol. The van der Waals surface area contributed by atoms with Crippen molar-refractivity contribution in [2.45, 2.75) is 19.8 Å². The van der Waals surface area contributed by atoms with Crippen molar-refractivity contribution in [3.8, 4) is 6.07 Å². The molecule has 0 amide bonds. The molecule has 1 heterocycles. The molecule has 0 radical (unpaired) electrons. The van der Waals surface area contributed by atoms with E-state index in [9.17, 15) is 0 Å². The second kappa shape index (κ2) is 3.67. The largest absolute Gasteiger partial charge is 0.316 e. The fourth-order valence-electron chi connectivity index (χ4n) is 2.30. The molecule has 1 aliphatic heterocycles. The minimum atomic E-state index is 0.314. The summed E-state index contributed by atoms with van der Waals surface area (Å²) >= 11 is 0. The highest BCUT2D eigenvalue weighted by atomic mass is 14.9. The molecule has 2 rings (SSSR count). The maximum Gasteiger partial charge on any atom is 0.0991 e. The minimum absolute atomic E-state index is 0.314. The Balaban J connectivity index is 2.27. The molecular formula is C13H16N2. The molecule has 0 aromatic heterocycles. The molecule has 1 aromatic rings. The molecule has 0 saturated carbocycles. The number of nitriles is 1. The van der Waals surface area contributed by atoms with E-state index in [1.165, 1.54) is 5.56 Å². The molecule has 1 aliphatic rings. The van der Waals surface area contributed by atoms with Crippen LogP contribution in [0.25, 0.3) is 0 Å². The SMILES string of the molecule is CC1(C)CNC[C@@H]1c1ccc(C#N)cc1. The van der Waals surface area contributed by atoms with Gasteiger partial charge < -0.3 is 5.32 Å². The zero-order chi connectivity index (χ0) is 10.9. The van der Waals surface area contributed by atoms with Gasteiger partial charge in [-0.25, -0.2) is 0 Å². The fourth-order valence-corrected chi connectivity index (χ4v) is 2.30. The molecule has 0 spiro atoms. The summed E-state index contributed by atoms with van der Waals surface area (Å²) in [7, 11) is 0. The maximum absolute atomic E-state index is 8.73. The Labute approximate surface area is 90.9 Å². The quantitative estimate of drug-likeness (QED) is 0.755. The summed E-state index contributed by atoms with van der Waals surface area (Å²) in [5.41, 5.74) is 2.39. The first kappa shape index (κ1) is 10.2. The summed E-state index contributed by atoms with van der Waals surface area (Å²) in [5, 5.41) is 12.2. The molecule has 1 atom stereocenters. The van der Waals surface area contributed by atoms with E-state index in [-0.39, 0.29) is 0 Å². The zero-order valence-corrected chi connectivity index (χ0v) is 9.25. The van der Waals surface area contributed by atoms with Crippen molar-refractivity contribution in [2.75, 3.05) is 13.1 Å². The van der Waals surface area contributed by atoms with Gasteiger partial charge in [-0.05, 0) is 23.1 Å². The van der Waals surface area contributed by atoms with Crippen LogP contribution < -0.4 is 5.32 Å².